The molecule has 1 fully saturated rings. The molecule has 0 N–H and O–H groups in total. The number of alkyl halides is 4. The van der Waals surface area contributed by atoms with Gasteiger partial charge in [0.1, 0.15) is 5.67 Å². The van der Waals surface area contributed by atoms with Crippen molar-refractivity contribution in [3.63, 3.8) is 0 Å². The molecule has 1 aliphatic carbocycles. The van der Waals surface area contributed by atoms with E-state index in [-0.39, 0.29) is 18.1 Å². The van der Waals surface area contributed by atoms with Crippen molar-refractivity contribution in [3.8, 4) is 0 Å². The molecule has 0 spiro atoms. The van der Waals surface area contributed by atoms with Gasteiger partial charge in [0.2, 0.25) is 0 Å². The van der Waals surface area contributed by atoms with Gasteiger partial charge in [0.15, 0.2) is 5.78 Å². The molecule has 1 saturated carbocycles. The van der Waals surface area contributed by atoms with Gasteiger partial charge < -0.3 is 4.90 Å². The summed E-state index contributed by atoms with van der Waals surface area (Å²) in [6.45, 7) is 4.03. The number of hydrogen-bond donors (Lipinski definition) is 0. The standard InChI is InChI=1S/C28H35F4N3O/c1-20-24(3-2-15-33-20)26(36)19-21-6-11-27(29,12-7-21)14-18-35-16-9-22-4-5-23(8-13-28(30,31)32)34-25(22)10-17-35/h2-5,15,21H,6-14,16-19H2,1H3. The summed E-state index contributed by atoms with van der Waals surface area (Å²) in [5.74, 6) is 0.308. The fourth-order valence-electron chi connectivity index (χ4n) is 5.47. The Labute approximate surface area is 210 Å². The van der Waals surface area contributed by atoms with Crippen molar-refractivity contribution in [2.24, 2.45) is 5.92 Å². The molecule has 1 aliphatic heterocycles. The van der Waals surface area contributed by atoms with Gasteiger partial charge in [-0.25, -0.2) is 4.39 Å². The molecular formula is C28H35F4N3O. The molecule has 2 aromatic heterocycles. The molecule has 4 rings (SSSR count). The molecule has 196 valence electrons. The van der Waals surface area contributed by atoms with Gasteiger partial charge in [-0.05, 0) is 81.5 Å². The number of fused-ring (bicyclic) bond motifs is 1. The lowest BCUT2D eigenvalue weighted by Gasteiger charge is -2.35. The Morgan fingerprint density at radius 2 is 1.89 bits per heavy atom. The zero-order chi connectivity index (χ0) is 25.8. The number of carbonyl (C=O) groups excluding carboxylic acids is 1. The molecule has 0 amide bonds. The Kier molecular flexibility index (Phi) is 8.43. The van der Waals surface area contributed by atoms with Gasteiger partial charge in [-0.3, -0.25) is 14.8 Å². The number of aromatic nitrogens is 2. The molecule has 0 unspecified atom stereocenters. The molecule has 36 heavy (non-hydrogen) atoms. The molecule has 4 nitrogen and oxygen atoms in total. The van der Waals surface area contributed by atoms with Crippen molar-refractivity contribution in [3.05, 3.63) is 58.7 Å². The highest BCUT2D eigenvalue weighted by atomic mass is 19.4. The van der Waals surface area contributed by atoms with Crippen molar-refractivity contribution >= 4 is 5.78 Å². The first kappa shape index (κ1) is 26.7. The van der Waals surface area contributed by atoms with Gasteiger partial charge >= 0.3 is 6.18 Å². The Morgan fingerprint density at radius 1 is 1.14 bits per heavy atom. The van der Waals surface area contributed by atoms with E-state index in [0.29, 0.717) is 49.9 Å². The van der Waals surface area contributed by atoms with E-state index in [1.54, 1.807) is 18.3 Å². The van der Waals surface area contributed by atoms with Crippen LogP contribution in [0.25, 0.3) is 0 Å². The molecule has 2 aromatic rings. The number of carbonyl (C=O) groups is 1. The molecule has 0 bridgehead atoms. The summed E-state index contributed by atoms with van der Waals surface area (Å²) in [7, 11) is 0. The van der Waals surface area contributed by atoms with E-state index in [4.69, 9.17) is 0 Å². The van der Waals surface area contributed by atoms with Gasteiger partial charge in [0, 0.05) is 67.7 Å². The Hall–Kier alpha value is -2.35. The van der Waals surface area contributed by atoms with Crippen LogP contribution in [0, 0.1) is 12.8 Å². The second kappa shape index (κ2) is 11.4. The van der Waals surface area contributed by atoms with Crippen LogP contribution in [-0.2, 0) is 19.3 Å². The predicted molar refractivity (Wildman–Crippen MR) is 131 cm³/mol. The van der Waals surface area contributed by atoms with Gasteiger partial charge in [0.05, 0.1) is 0 Å². The van der Waals surface area contributed by atoms with Gasteiger partial charge in [0.25, 0.3) is 0 Å². The zero-order valence-electron chi connectivity index (χ0n) is 20.9. The minimum atomic E-state index is -4.18. The number of hydrogen-bond acceptors (Lipinski definition) is 4. The van der Waals surface area contributed by atoms with Crippen molar-refractivity contribution in [1.82, 2.24) is 14.9 Å². The first-order valence-electron chi connectivity index (χ1n) is 13.0. The quantitative estimate of drug-likeness (QED) is 0.315. The smallest absolute Gasteiger partial charge is 0.302 e. The predicted octanol–water partition coefficient (Wildman–Crippen LogP) is 6.24. The van der Waals surface area contributed by atoms with E-state index >= 15 is 4.39 Å². The van der Waals surface area contributed by atoms with E-state index in [0.717, 1.165) is 49.3 Å². The largest absolute Gasteiger partial charge is 0.389 e. The van der Waals surface area contributed by atoms with E-state index in [1.165, 1.54) is 0 Å². The number of pyridine rings is 2. The summed E-state index contributed by atoms with van der Waals surface area (Å²) >= 11 is 0. The molecular weight excluding hydrogens is 470 g/mol. The third-order valence-electron chi connectivity index (χ3n) is 7.81. The van der Waals surface area contributed by atoms with Crippen LogP contribution in [0.1, 0.15) is 77.9 Å². The third-order valence-corrected chi connectivity index (χ3v) is 7.81. The lowest BCUT2D eigenvalue weighted by atomic mass is 9.76. The van der Waals surface area contributed by atoms with Crippen molar-refractivity contribution in [1.29, 1.82) is 0 Å². The Bertz CT molecular complexity index is 1050. The summed E-state index contributed by atoms with van der Waals surface area (Å²) in [6.07, 6.45) is 1.31. The zero-order valence-corrected chi connectivity index (χ0v) is 20.9. The van der Waals surface area contributed by atoms with Gasteiger partial charge in [-0.15, -0.1) is 0 Å². The average molecular weight is 506 g/mol. The van der Waals surface area contributed by atoms with Crippen LogP contribution in [-0.4, -0.2) is 52.1 Å². The van der Waals surface area contributed by atoms with Crippen molar-refractivity contribution in [2.45, 2.75) is 83.0 Å². The maximum Gasteiger partial charge on any atom is 0.389 e. The minimum absolute atomic E-state index is 0.0938. The lowest BCUT2D eigenvalue weighted by molar-refractivity contribution is -0.134. The molecule has 0 aromatic carbocycles. The monoisotopic (exact) mass is 505 g/mol. The van der Waals surface area contributed by atoms with Crippen LogP contribution in [0.2, 0.25) is 0 Å². The SMILES string of the molecule is Cc1ncccc1C(=O)CC1CCC(F)(CCN2CCc3ccc(CCC(F)(F)F)nc3CC2)CC1. The topological polar surface area (TPSA) is 46.1 Å². The number of halogens is 4. The maximum atomic E-state index is 15.6. The summed E-state index contributed by atoms with van der Waals surface area (Å²) < 4.78 is 53.2. The minimum Gasteiger partial charge on any atom is -0.302 e. The number of Topliss-reactive ketones (excluding diaryl/α,β-unsaturated/α-hetero) is 1. The fourth-order valence-corrected chi connectivity index (χ4v) is 5.47. The fraction of sp³-hybridized carbons (Fsp3) is 0.607. The summed E-state index contributed by atoms with van der Waals surface area (Å²) in [4.78, 5) is 23.6. The van der Waals surface area contributed by atoms with E-state index in [1.807, 2.05) is 19.1 Å². The highest BCUT2D eigenvalue weighted by Gasteiger charge is 2.36. The molecule has 0 radical (unpaired) electrons. The van der Waals surface area contributed by atoms with Crippen LogP contribution in [0.5, 0.6) is 0 Å². The van der Waals surface area contributed by atoms with Crippen LogP contribution in [0.3, 0.4) is 0 Å². The van der Waals surface area contributed by atoms with Crippen LogP contribution < -0.4 is 0 Å². The van der Waals surface area contributed by atoms with Gasteiger partial charge in [-0.1, -0.05) is 6.07 Å². The second-order valence-corrected chi connectivity index (χ2v) is 10.5. The Morgan fingerprint density at radius 3 is 2.61 bits per heavy atom. The second-order valence-electron chi connectivity index (χ2n) is 10.5. The average Bonchev–Trinajstić information content (AvgIpc) is 3.05. The third kappa shape index (κ3) is 7.34. The van der Waals surface area contributed by atoms with E-state index < -0.39 is 18.3 Å². The summed E-state index contributed by atoms with van der Waals surface area (Å²) in [6, 6.07) is 7.20. The normalized spacial score (nSPS) is 23.2. The highest BCUT2D eigenvalue weighted by Crippen LogP contribution is 2.39. The first-order chi connectivity index (χ1) is 17.1. The molecule has 8 heteroatoms. The first-order valence-corrected chi connectivity index (χ1v) is 13.0. The lowest BCUT2D eigenvalue weighted by Crippen LogP contribution is -2.36. The summed E-state index contributed by atoms with van der Waals surface area (Å²) in [5, 5.41) is 0. The van der Waals surface area contributed by atoms with Crippen molar-refractivity contribution in [2.75, 3.05) is 19.6 Å². The maximum absolute atomic E-state index is 15.6. The molecule has 0 saturated heterocycles. The van der Waals surface area contributed by atoms with Crippen LogP contribution >= 0.6 is 0 Å². The van der Waals surface area contributed by atoms with Gasteiger partial charge in [-0.2, -0.15) is 13.2 Å². The van der Waals surface area contributed by atoms with E-state index in [9.17, 15) is 18.0 Å². The number of ketones is 1. The molecule has 3 heterocycles. The number of rotatable bonds is 8. The number of nitrogens with zero attached hydrogens (tertiary/aromatic N) is 3. The van der Waals surface area contributed by atoms with E-state index in [2.05, 4.69) is 14.9 Å². The molecule has 2 aliphatic rings. The van der Waals surface area contributed by atoms with Crippen LogP contribution in [0.4, 0.5) is 17.6 Å². The highest BCUT2D eigenvalue weighted by molar-refractivity contribution is 5.97. The Balaban J connectivity index is 1.23. The van der Waals surface area contributed by atoms with Crippen molar-refractivity contribution < 1.29 is 22.4 Å². The summed E-state index contributed by atoms with van der Waals surface area (Å²) in [5.41, 5.74) is 2.64. The van der Waals surface area contributed by atoms with Crippen LogP contribution in [0.15, 0.2) is 30.5 Å². The number of aryl methyl sites for hydroxylation is 2. The molecule has 0 atom stereocenters.